The summed E-state index contributed by atoms with van der Waals surface area (Å²) in [6.07, 6.45) is 2.52. The van der Waals surface area contributed by atoms with Crippen LogP contribution in [0.1, 0.15) is 16.6 Å². The second kappa shape index (κ2) is 5.12. The SMILES string of the molecule is C=CCN(CC)c1nc(Cl)c(C=O)s1. The summed E-state index contributed by atoms with van der Waals surface area (Å²) in [5.74, 6) is 0. The lowest BCUT2D eigenvalue weighted by Gasteiger charge is -2.16. The van der Waals surface area contributed by atoms with E-state index < -0.39 is 0 Å². The predicted molar refractivity (Wildman–Crippen MR) is 60.6 cm³/mol. The lowest BCUT2D eigenvalue weighted by Crippen LogP contribution is -2.22. The number of anilines is 1. The van der Waals surface area contributed by atoms with Gasteiger partial charge < -0.3 is 4.90 Å². The molecule has 0 aliphatic carbocycles. The topological polar surface area (TPSA) is 33.2 Å². The number of nitrogens with zero attached hydrogens (tertiary/aromatic N) is 2. The van der Waals surface area contributed by atoms with Crippen molar-refractivity contribution in [2.75, 3.05) is 18.0 Å². The Labute approximate surface area is 92.0 Å². The summed E-state index contributed by atoms with van der Waals surface area (Å²) in [7, 11) is 0. The molecule has 0 atom stereocenters. The number of carbonyl (C=O) groups is 1. The monoisotopic (exact) mass is 230 g/mol. The van der Waals surface area contributed by atoms with Crippen LogP contribution in [0.15, 0.2) is 12.7 Å². The molecule has 0 spiro atoms. The normalized spacial score (nSPS) is 9.86. The molecule has 0 aromatic carbocycles. The Balaban J connectivity index is 2.92. The number of likely N-dealkylation sites (N-methyl/N-ethyl adjacent to an activating group) is 1. The summed E-state index contributed by atoms with van der Waals surface area (Å²) >= 11 is 7.06. The first-order valence-corrected chi connectivity index (χ1v) is 5.39. The zero-order chi connectivity index (χ0) is 10.6. The largest absolute Gasteiger partial charge is 0.345 e. The van der Waals surface area contributed by atoms with E-state index in [9.17, 15) is 4.79 Å². The molecule has 0 amide bonds. The molecule has 1 aromatic heterocycles. The first kappa shape index (κ1) is 11.2. The number of carbonyl (C=O) groups excluding carboxylic acids is 1. The molecule has 76 valence electrons. The van der Waals surface area contributed by atoms with Crippen LogP contribution >= 0.6 is 22.9 Å². The van der Waals surface area contributed by atoms with Gasteiger partial charge in [-0.05, 0) is 6.92 Å². The molecule has 0 fully saturated rings. The Morgan fingerprint density at radius 2 is 2.43 bits per heavy atom. The minimum Gasteiger partial charge on any atom is -0.345 e. The van der Waals surface area contributed by atoms with Crippen LogP contribution in [0.4, 0.5) is 5.13 Å². The van der Waals surface area contributed by atoms with Crippen molar-refractivity contribution in [2.24, 2.45) is 0 Å². The molecule has 1 aromatic rings. The van der Waals surface area contributed by atoms with Gasteiger partial charge in [0, 0.05) is 13.1 Å². The summed E-state index contributed by atoms with van der Waals surface area (Å²) in [5.41, 5.74) is 0. The average molecular weight is 231 g/mol. The van der Waals surface area contributed by atoms with E-state index in [-0.39, 0.29) is 5.15 Å². The molecule has 0 saturated carbocycles. The summed E-state index contributed by atoms with van der Waals surface area (Å²) in [5, 5.41) is 1.04. The summed E-state index contributed by atoms with van der Waals surface area (Å²) in [6.45, 7) is 7.19. The molecule has 14 heavy (non-hydrogen) atoms. The highest BCUT2D eigenvalue weighted by molar-refractivity contribution is 7.17. The van der Waals surface area contributed by atoms with E-state index in [4.69, 9.17) is 11.6 Å². The third kappa shape index (κ3) is 2.33. The van der Waals surface area contributed by atoms with E-state index in [2.05, 4.69) is 11.6 Å². The average Bonchev–Trinajstić information content (AvgIpc) is 2.56. The highest BCUT2D eigenvalue weighted by atomic mass is 35.5. The van der Waals surface area contributed by atoms with Gasteiger partial charge in [0.1, 0.15) is 4.88 Å². The van der Waals surface area contributed by atoms with Crippen LogP contribution in [-0.4, -0.2) is 24.4 Å². The van der Waals surface area contributed by atoms with Crippen LogP contribution in [0.5, 0.6) is 0 Å². The fourth-order valence-electron chi connectivity index (χ4n) is 1.01. The number of thiazole rings is 1. The first-order chi connectivity index (χ1) is 6.72. The van der Waals surface area contributed by atoms with Gasteiger partial charge in [-0.1, -0.05) is 29.0 Å². The van der Waals surface area contributed by atoms with Gasteiger partial charge >= 0.3 is 0 Å². The van der Waals surface area contributed by atoms with Crippen LogP contribution < -0.4 is 4.90 Å². The number of halogens is 1. The van der Waals surface area contributed by atoms with E-state index in [0.29, 0.717) is 11.4 Å². The Morgan fingerprint density at radius 3 is 2.86 bits per heavy atom. The third-order valence-corrected chi connectivity index (χ3v) is 3.15. The van der Waals surface area contributed by atoms with E-state index in [1.54, 1.807) is 6.08 Å². The highest BCUT2D eigenvalue weighted by Crippen LogP contribution is 2.27. The quantitative estimate of drug-likeness (QED) is 0.576. The van der Waals surface area contributed by atoms with Crippen LogP contribution in [0.25, 0.3) is 0 Å². The van der Waals surface area contributed by atoms with Crippen LogP contribution in [0.2, 0.25) is 5.15 Å². The first-order valence-electron chi connectivity index (χ1n) is 4.20. The molecule has 0 aliphatic rings. The smallest absolute Gasteiger partial charge is 0.187 e. The molecule has 0 unspecified atom stereocenters. The van der Waals surface area contributed by atoms with Crippen molar-refractivity contribution in [3.63, 3.8) is 0 Å². The summed E-state index contributed by atoms with van der Waals surface area (Å²) < 4.78 is 0. The number of hydrogen-bond donors (Lipinski definition) is 0. The lowest BCUT2D eigenvalue weighted by atomic mass is 10.5. The van der Waals surface area contributed by atoms with Crippen molar-refractivity contribution in [1.82, 2.24) is 4.98 Å². The predicted octanol–water partition coefficient (Wildman–Crippen LogP) is 2.62. The minimum atomic E-state index is 0.280. The highest BCUT2D eigenvalue weighted by Gasteiger charge is 2.12. The van der Waals surface area contributed by atoms with Gasteiger partial charge in [0.2, 0.25) is 0 Å². The second-order valence-electron chi connectivity index (χ2n) is 2.60. The number of aromatic nitrogens is 1. The maximum absolute atomic E-state index is 10.6. The van der Waals surface area contributed by atoms with Gasteiger partial charge in [-0.2, -0.15) is 0 Å². The van der Waals surface area contributed by atoms with Gasteiger partial charge in [-0.3, -0.25) is 4.79 Å². The molecular formula is C9H11ClN2OS. The second-order valence-corrected chi connectivity index (χ2v) is 3.96. The maximum atomic E-state index is 10.6. The van der Waals surface area contributed by atoms with Gasteiger partial charge in [0.15, 0.2) is 16.6 Å². The molecule has 1 heterocycles. The molecule has 0 aliphatic heterocycles. The molecule has 0 saturated heterocycles. The fourth-order valence-corrected chi connectivity index (χ4v) is 2.14. The van der Waals surface area contributed by atoms with Crippen molar-refractivity contribution in [3.8, 4) is 0 Å². The molecule has 0 radical (unpaired) electrons. The van der Waals surface area contributed by atoms with E-state index in [0.717, 1.165) is 18.0 Å². The zero-order valence-electron chi connectivity index (χ0n) is 7.86. The lowest BCUT2D eigenvalue weighted by molar-refractivity contribution is 0.112. The van der Waals surface area contributed by atoms with Crippen LogP contribution in [-0.2, 0) is 0 Å². The van der Waals surface area contributed by atoms with Gasteiger partial charge in [0.25, 0.3) is 0 Å². The molecule has 1 rings (SSSR count). The Bertz CT molecular complexity index is 338. The zero-order valence-corrected chi connectivity index (χ0v) is 9.44. The molecule has 5 heteroatoms. The third-order valence-electron chi connectivity index (χ3n) is 1.71. The standard InChI is InChI=1S/C9H11ClN2OS/c1-3-5-12(4-2)9-11-8(10)7(6-13)14-9/h3,6H,1,4-5H2,2H3. The summed E-state index contributed by atoms with van der Waals surface area (Å²) in [6, 6.07) is 0. The Morgan fingerprint density at radius 1 is 1.71 bits per heavy atom. The van der Waals surface area contributed by atoms with Crippen molar-refractivity contribution in [3.05, 3.63) is 22.7 Å². The number of aldehydes is 1. The van der Waals surface area contributed by atoms with Crippen molar-refractivity contribution < 1.29 is 4.79 Å². The fraction of sp³-hybridized carbons (Fsp3) is 0.333. The Kier molecular flexibility index (Phi) is 4.10. The molecule has 0 bridgehead atoms. The maximum Gasteiger partial charge on any atom is 0.187 e. The van der Waals surface area contributed by atoms with E-state index >= 15 is 0 Å². The number of hydrogen-bond acceptors (Lipinski definition) is 4. The molecule has 0 N–H and O–H groups in total. The van der Waals surface area contributed by atoms with Crippen molar-refractivity contribution in [1.29, 1.82) is 0 Å². The van der Waals surface area contributed by atoms with Crippen molar-refractivity contribution in [2.45, 2.75) is 6.92 Å². The minimum absolute atomic E-state index is 0.280. The van der Waals surface area contributed by atoms with Gasteiger partial charge in [-0.25, -0.2) is 4.98 Å². The van der Waals surface area contributed by atoms with Gasteiger partial charge in [-0.15, -0.1) is 6.58 Å². The van der Waals surface area contributed by atoms with Crippen molar-refractivity contribution >= 4 is 34.4 Å². The van der Waals surface area contributed by atoms with Crippen LogP contribution in [0.3, 0.4) is 0 Å². The summed E-state index contributed by atoms with van der Waals surface area (Å²) in [4.78, 5) is 17.1. The Hall–Kier alpha value is -0.870. The van der Waals surface area contributed by atoms with Gasteiger partial charge in [0.05, 0.1) is 0 Å². The molecular weight excluding hydrogens is 220 g/mol. The van der Waals surface area contributed by atoms with E-state index in [1.165, 1.54) is 11.3 Å². The van der Waals surface area contributed by atoms with Crippen LogP contribution in [0, 0.1) is 0 Å². The number of rotatable bonds is 5. The van der Waals surface area contributed by atoms with E-state index in [1.807, 2.05) is 11.8 Å². The molecule has 3 nitrogen and oxygen atoms in total.